The van der Waals surface area contributed by atoms with E-state index < -0.39 is 0 Å². The van der Waals surface area contributed by atoms with Gasteiger partial charge in [-0.25, -0.2) is 0 Å². The summed E-state index contributed by atoms with van der Waals surface area (Å²) in [6.45, 7) is 9.69. The molecule has 1 aliphatic rings. The first kappa shape index (κ1) is 14.9. The fraction of sp³-hybridized carbons (Fsp3) is 0.562. The van der Waals surface area contributed by atoms with Gasteiger partial charge in [-0.2, -0.15) is 0 Å². The average molecular weight is 275 g/mol. The van der Waals surface area contributed by atoms with Gasteiger partial charge >= 0.3 is 0 Å². The molecule has 4 heteroatoms. The molecular formula is C16H25N3O. The van der Waals surface area contributed by atoms with E-state index in [2.05, 4.69) is 16.3 Å². The highest BCUT2D eigenvalue weighted by Crippen LogP contribution is 2.22. The second-order valence-corrected chi connectivity index (χ2v) is 6.66. The van der Waals surface area contributed by atoms with Crippen LogP contribution in [0.3, 0.4) is 0 Å². The Balaban J connectivity index is 2.06. The lowest BCUT2D eigenvalue weighted by molar-refractivity contribution is -0.127. The number of nitrogens with two attached hydrogens (primary N) is 1. The molecule has 1 aromatic carbocycles. The average Bonchev–Trinajstić information content (AvgIpc) is 2.34. The summed E-state index contributed by atoms with van der Waals surface area (Å²) in [7, 11) is 0. The highest BCUT2D eigenvalue weighted by Gasteiger charge is 2.27. The predicted molar refractivity (Wildman–Crippen MR) is 82.3 cm³/mol. The van der Waals surface area contributed by atoms with Crippen molar-refractivity contribution in [3.05, 3.63) is 29.3 Å². The topological polar surface area (TPSA) is 58.4 Å². The lowest BCUT2D eigenvalue weighted by Gasteiger charge is -2.34. The molecule has 0 bridgehead atoms. The summed E-state index contributed by atoms with van der Waals surface area (Å²) in [5, 5.41) is 3.05. The van der Waals surface area contributed by atoms with Crippen LogP contribution in [0.5, 0.6) is 0 Å². The second kappa shape index (κ2) is 5.44. The van der Waals surface area contributed by atoms with E-state index >= 15 is 0 Å². The Morgan fingerprint density at radius 3 is 2.70 bits per heavy atom. The molecule has 0 fully saturated rings. The van der Waals surface area contributed by atoms with Crippen molar-refractivity contribution in [1.29, 1.82) is 0 Å². The van der Waals surface area contributed by atoms with Crippen LogP contribution < -0.4 is 11.1 Å². The van der Waals surface area contributed by atoms with Gasteiger partial charge in [0.15, 0.2) is 0 Å². The molecule has 20 heavy (non-hydrogen) atoms. The van der Waals surface area contributed by atoms with Crippen LogP contribution in [0.25, 0.3) is 0 Å². The highest BCUT2D eigenvalue weighted by atomic mass is 16.2. The van der Waals surface area contributed by atoms with E-state index in [1.54, 1.807) is 0 Å². The molecule has 0 saturated heterocycles. The van der Waals surface area contributed by atoms with Crippen LogP contribution in [-0.4, -0.2) is 28.9 Å². The Hall–Kier alpha value is -1.55. The van der Waals surface area contributed by atoms with Crippen LogP contribution in [0.2, 0.25) is 0 Å². The third-order valence-electron chi connectivity index (χ3n) is 3.70. The molecule has 1 aliphatic heterocycles. The third-order valence-corrected chi connectivity index (χ3v) is 3.70. The molecule has 1 atom stereocenters. The van der Waals surface area contributed by atoms with Crippen molar-refractivity contribution in [3.63, 3.8) is 0 Å². The monoisotopic (exact) mass is 275 g/mol. The van der Waals surface area contributed by atoms with E-state index in [0.717, 1.165) is 25.2 Å². The maximum atomic E-state index is 12.3. The van der Waals surface area contributed by atoms with Gasteiger partial charge in [0.05, 0.1) is 6.04 Å². The van der Waals surface area contributed by atoms with Crippen LogP contribution in [0.1, 0.15) is 38.8 Å². The molecule has 2 rings (SSSR count). The van der Waals surface area contributed by atoms with Crippen LogP contribution in [0.4, 0.5) is 5.69 Å². The Morgan fingerprint density at radius 2 is 2.05 bits per heavy atom. The van der Waals surface area contributed by atoms with E-state index in [1.807, 2.05) is 39.8 Å². The number of benzene rings is 1. The maximum absolute atomic E-state index is 12.3. The second-order valence-electron chi connectivity index (χ2n) is 6.66. The van der Waals surface area contributed by atoms with Crippen molar-refractivity contribution in [1.82, 2.24) is 10.2 Å². The lowest BCUT2D eigenvalue weighted by Crippen LogP contribution is -2.51. The first-order valence-corrected chi connectivity index (χ1v) is 7.19. The number of nitrogen functional groups attached to an aromatic ring is 1. The fourth-order valence-corrected chi connectivity index (χ4v) is 2.57. The predicted octanol–water partition coefficient (Wildman–Crippen LogP) is 1.93. The number of hydrogen-bond acceptors (Lipinski definition) is 3. The van der Waals surface area contributed by atoms with Crippen molar-refractivity contribution in [2.45, 2.75) is 52.2 Å². The Kier molecular flexibility index (Phi) is 4.04. The quantitative estimate of drug-likeness (QED) is 0.811. The van der Waals surface area contributed by atoms with E-state index in [0.29, 0.717) is 0 Å². The van der Waals surface area contributed by atoms with Gasteiger partial charge in [-0.05, 0) is 57.4 Å². The summed E-state index contributed by atoms with van der Waals surface area (Å²) in [6, 6.07) is 5.95. The first-order valence-electron chi connectivity index (χ1n) is 7.19. The van der Waals surface area contributed by atoms with Crippen LogP contribution in [0.15, 0.2) is 18.2 Å². The number of amides is 1. The van der Waals surface area contributed by atoms with Gasteiger partial charge in [0, 0.05) is 24.3 Å². The zero-order valence-electron chi connectivity index (χ0n) is 12.9. The van der Waals surface area contributed by atoms with Crippen LogP contribution in [0, 0.1) is 0 Å². The molecule has 0 spiro atoms. The zero-order valence-corrected chi connectivity index (χ0v) is 12.9. The minimum Gasteiger partial charge on any atom is -0.399 e. The summed E-state index contributed by atoms with van der Waals surface area (Å²) in [5.74, 6) is 0.0878. The van der Waals surface area contributed by atoms with Gasteiger partial charge in [0.1, 0.15) is 0 Å². The minimum atomic E-state index is -0.191. The molecule has 0 aliphatic carbocycles. The summed E-state index contributed by atoms with van der Waals surface area (Å²) in [5.41, 5.74) is 9.04. The number of carbonyl (C=O) groups is 1. The van der Waals surface area contributed by atoms with Crippen LogP contribution in [-0.2, 0) is 17.8 Å². The van der Waals surface area contributed by atoms with E-state index in [1.165, 1.54) is 11.1 Å². The summed E-state index contributed by atoms with van der Waals surface area (Å²) >= 11 is 0. The Morgan fingerprint density at radius 1 is 1.35 bits per heavy atom. The summed E-state index contributed by atoms with van der Waals surface area (Å²) in [6.07, 6.45) is 0.975. The first-order chi connectivity index (χ1) is 9.26. The molecular weight excluding hydrogens is 250 g/mol. The van der Waals surface area contributed by atoms with Crippen molar-refractivity contribution in [2.75, 3.05) is 12.3 Å². The number of carbonyl (C=O) groups excluding carboxylic acids is 1. The SMILES string of the molecule is CC(C(=O)NC(C)(C)C)N1CCc2ccc(N)cc2C1. The number of rotatable bonds is 2. The van der Waals surface area contributed by atoms with Gasteiger partial charge in [-0.3, -0.25) is 9.69 Å². The van der Waals surface area contributed by atoms with Crippen molar-refractivity contribution < 1.29 is 4.79 Å². The van der Waals surface area contributed by atoms with Crippen molar-refractivity contribution in [2.24, 2.45) is 0 Å². The maximum Gasteiger partial charge on any atom is 0.237 e. The number of nitrogens with one attached hydrogen (secondary N) is 1. The van der Waals surface area contributed by atoms with Crippen molar-refractivity contribution >= 4 is 11.6 Å². The minimum absolute atomic E-state index is 0.0878. The lowest BCUT2D eigenvalue weighted by atomic mass is 9.97. The largest absolute Gasteiger partial charge is 0.399 e. The smallest absolute Gasteiger partial charge is 0.237 e. The number of nitrogens with zero attached hydrogens (tertiary/aromatic N) is 1. The molecule has 0 saturated carbocycles. The van der Waals surface area contributed by atoms with Crippen molar-refractivity contribution in [3.8, 4) is 0 Å². The van der Waals surface area contributed by atoms with Gasteiger partial charge < -0.3 is 11.1 Å². The highest BCUT2D eigenvalue weighted by molar-refractivity contribution is 5.82. The number of hydrogen-bond donors (Lipinski definition) is 2. The molecule has 0 aromatic heterocycles. The zero-order chi connectivity index (χ0) is 14.9. The van der Waals surface area contributed by atoms with Gasteiger partial charge in [-0.1, -0.05) is 6.07 Å². The summed E-state index contributed by atoms with van der Waals surface area (Å²) in [4.78, 5) is 14.5. The van der Waals surface area contributed by atoms with Gasteiger partial charge in [0.2, 0.25) is 5.91 Å². The van der Waals surface area contributed by atoms with Gasteiger partial charge in [-0.15, -0.1) is 0 Å². The molecule has 110 valence electrons. The molecule has 1 amide bonds. The normalized spacial score (nSPS) is 17.4. The molecule has 0 radical (unpaired) electrons. The summed E-state index contributed by atoms with van der Waals surface area (Å²) < 4.78 is 0. The molecule has 1 aromatic rings. The third kappa shape index (κ3) is 3.51. The standard InChI is InChI=1S/C16H25N3O/c1-11(15(20)18-16(2,3)4)19-8-7-12-5-6-14(17)9-13(12)10-19/h5-6,9,11H,7-8,10,17H2,1-4H3,(H,18,20). The molecule has 4 nitrogen and oxygen atoms in total. The van der Waals surface area contributed by atoms with E-state index in [9.17, 15) is 4.79 Å². The van der Waals surface area contributed by atoms with E-state index in [4.69, 9.17) is 5.73 Å². The number of anilines is 1. The Labute approximate surface area is 121 Å². The molecule has 1 unspecified atom stereocenters. The van der Waals surface area contributed by atoms with Crippen LogP contribution >= 0.6 is 0 Å². The van der Waals surface area contributed by atoms with E-state index in [-0.39, 0.29) is 17.5 Å². The molecule has 3 N–H and O–H groups in total. The van der Waals surface area contributed by atoms with Gasteiger partial charge in [0.25, 0.3) is 0 Å². The molecule has 1 heterocycles. The fourth-order valence-electron chi connectivity index (χ4n) is 2.57. The Bertz CT molecular complexity index is 505. The number of fused-ring (bicyclic) bond motifs is 1.